The molecule has 0 aromatic carbocycles. The van der Waals surface area contributed by atoms with Crippen LogP contribution in [0.3, 0.4) is 0 Å². The minimum Gasteiger partial charge on any atom is -0.478 e. The largest absolute Gasteiger partial charge is 0.478 e. The zero-order valence-electron chi connectivity index (χ0n) is 13.1. The Kier molecular flexibility index (Phi) is 6.84. The molecule has 1 rings (SSSR count). The molecule has 1 aliphatic carbocycles. The number of carboxylic acid groups (broad SMARTS) is 1. The predicted octanol–water partition coefficient (Wildman–Crippen LogP) is 0.770. The van der Waals surface area contributed by atoms with Gasteiger partial charge in [0.05, 0.1) is 6.04 Å². The van der Waals surface area contributed by atoms with Crippen molar-refractivity contribution in [3.8, 4) is 0 Å². The second kappa shape index (κ2) is 8.14. The Bertz CT molecular complexity index is 409. The molecule has 0 bridgehead atoms. The van der Waals surface area contributed by atoms with Gasteiger partial charge in [0.2, 0.25) is 5.91 Å². The van der Waals surface area contributed by atoms with Gasteiger partial charge in [0.15, 0.2) is 0 Å². The molecule has 0 spiro atoms. The van der Waals surface area contributed by atoms with Crippen molar-refractivity contribution in [2.24, 2.45) is 5.73 Å². The van der Waals surface area contributed by atoms with Crippen molar-refractivity contribution >= 4 is 11.9 Å². The second-order valence-electron chi connectivity index (χ2n) is 5.83. The van der Waals surface area contributed by atoms with Gasteiger partial charge >= 0.3 is 5.97 Å². The maximum Gasteiger partial charge on any atom is 0.331 e. The number of aliphatic carboxylic acids is 1. The Morgan fingerprint density at radius 2 is 2.19 bits per heavy atom. The van der Waals surface area contributed by atoms with Gasteiger partial charge in [-0.05, 0) is 19.8 Å². The summed E-state index contributed by atoms with van der Waals surface area (Å²) in [5.74, 6) is -1.10. The van der Waals surface area contributed by atoms with E-state index in [0.29, 0.717) is 5.57 Å². The molecule has 21 heavy (non-hydrogen) atoms. The highest BCUT2D eigenvalue weighted by Crippen LogP contribution is 2.19. The lowest BCUT2D eigenvalue weighted by Gasteiger charge is -2.36. The van der Waals surface area contributed by atoms with Crippen molar-refractivity contribution in [2.75, 3.05) is 0 Å². The normalized spacial score (nSPS) is 26.9. The van der Waals surface area contributed by atoms with Crippen LogP contribution in [0.15, 0.2) is 11.6 Å². The van der Waals surface area contributed by atoms with Crippen molar-refractivity contribution in [3.63, 3.8) is 0 Å². The van der Waals surface area contributed by atoms with Gasteiger partial charge in [0.25, 0.3) is 0 Å². The molecule has 6 heteroatoms. The van der Waals surface area contributed by atoms with Crippen LogP contribution in [0.25, 0.3) is 0 Å². The number of rotatable bonds is 7. The van der Waals surface area contributed by atoms with Gasteiger partial charge in [0.1, 0.15) is 0 Å². The first-order valence-electron chi connectivity index (χ1n) is 7.57. The summed E-state index contributed by atoms with van der Waals surface area (Å²) < 4.78 is 0. The molecular formula is C15H27N3O3. The smallest absolute Gasteiger partial charge is 0.331 e. The van der Waals surface area contributed by atoms with Crippen molar-refractivity contribution in [2.45, 2.75) is 70.6 Å². The zero-order valence-corrected chi connectivity index (χ0v) is 13.1. The molecular weight excluding hydrogens is 270 g/mol. The quantitative estimate of drug-likeness (QED) is 0.555. The monoisotopic (exact) mass is 297 g/mol. The lowest BCUT2D eigenvalue weighted by Crippen LogP contribution is -2.61. The highest BCUT2D eigenvalue weighted by Gasteiger charge is 2.34. The van der Waals surface area contributed by atoms with E-state index in [0.717, 1.165) is 19.3 Å². The second-order valence-corrected chi connectivity index (χ2v) is 5.83. The number of unbranched alkanes of at least 4 members (excludes halogenated alkanes) is 1. The molecule has 0 fully saturated rings. The van der Waals surface area contributed by atoms with Gasteiger partial charge in [-0.2, -0.15) is 0 Å². The van der Waals surface area contributed by atoms with Gasteiger partial charge < -0.3 is 21.5 Å². The van der Waals surface area contributed by atoms with E-state index in [1.807, 2.05) is 0 Å². The first-order chi connectivity index (χ1) is 9.85. The molecule has 1 amide bonds. The molecule has 4 atom stereocenters. The summed E-state index contributed by atoms with van der Waals surface area (Å²) in [6, 6.07) is -0.700. The lowest BCUT2D eigenvalue weighted by molar-refractivity contribution is -0.133. The molecule has 5 N–H and O–H groups in total. The molecule has 0 saturated carbocycles. The molecule has 0 heterocycles. The first-order valence-corrected chi connectivity index (χ1v) is 7.57. The molecule has 1 aliphatic rings. The summed E-state index contributed by atoms with van der Waals surface area (Å²) in [7, 11) is 0. The average molecular weight is 297 g/mol. The Balaban J connectivity index is 2.85. The third-order valence-electron chi connectivity index (χ3n) is 3.80. The summed E-state index contributed by atoms with van der Waals surface area (Å²) in [6.45, 7) is 5.64. The summed E-state index contributed by atoms with van der Waals surface area (Å²) in [5, 5.41) is 15.4. The van der Waals surface area contributed by atoms with Crippen LogP contribution in [-0.4, -0.2) is 41.2 Å². The lowest BCUT2D eigenvalue weighted by atomic mass is 9.86. The van der Waals surface area contributed by atoms with Crippen molar-refractivity contribution < 1.29 is 14.7 Å². The van der Waals surface area contributed by atoms with Gasteiger partial charge in [-0.3, -0.25) is 4.79 Å². The Labute approximate surface area is 126 Å². The molecule has 120 valence electrons. The number of amides is 1. The number of carbonyl (C=O) groups excluding carboxylic acids is 1. The summed E-state index contributed by atoms with van der Waals surface area (Å²) in [6.07, 6.45) is 5.18. The number of carbonyl (C=O) groups is 2. The summed E-state index contributed by atoms with van der Waals surface area (Å²) in [5.41, 5.74) is 6.37. The van der Waals surface area contributed by atoms with Crippen molar-refractivity contribution in [3.05, 3.63) is 11.6 Å². The van der Waals surface area contributed by atoms with Crippen LogP contribution in [0.2, 0.25) is 0 Å². The fourth-order valence-electron chi connectivity index (χ4n) is 2.70. The van der Waals surface area contributed by atoms with Crippen LogP contribution < -0.4 is 16.4 Å². The number of hydrogen-bond donors (Lipinski definition) is 4. The Hall–Kier alpha value is -1.40. The molecule has 0 aromatic heterocycles. The minimum absolute atomic E-state index is 0.157. The molecule has 0 aromatic rings. The zero-order chi connectivity index (χ0) is 16.0. The van der Waals surface area contributed by atoms with Gasteiger partial charge in [0, 0.05) is 30.6 Å². The van der Waals surface area contributed by atoms with Crippen LogP contribution in [-0.2, 0) is 9.59 Å². The number of carboxylic acids is 1. The molecule has 0 saturated heterocycles. The number of nitrogens with two attached hydrogens (primary N) is 1. The third-order valence-corrected chi connectivity index (χ3v) is 3.80. The van der Waals surface area contributed by atoms with Crippen LogP contribution in [0.4, 0.5) is 0 Å². The van der Waals surface area contributed by atoms with E-state index in [4.69, 9.17) is 5.73 Å². The summed E-state index contributed by atoms with van der Waals surface area (Å²) in [4.78, 5) is 22.5. The van der Waals surface area contributed by atoms with E-state index in [1.54, 1.807) is 6.08 Å². The number of nitrogens with one attached hydrogen (secondary N) is 2. The van der Waals surface area contributed by atoms with Gasteiger partial charge in [-0.15, -0.1) is 0 Å². The fourth-order valence-corrected chi connectivity index (χ4v) is 2.70. The average Bonchev–Trinajstić information content (AvgIpc) is 2.39. The molecule has 0 radical (unpaired) electrons. The SMILES string of the molecule is CCCCC(C)N[C@H]1C=C(C(=O)O)C[C@@H](N)[C@@H]1NC(C)=O. The van der Waals surface area contributed by atoms with Crippen LogP contribution in [0.5, 0.6) is 0 Å². The third kappa shape index (κ3) is 5.47. The van der Waals surface area contributed by atoms with Crippen LogP contribution in [0.1, 0.15) is 46.5 Å². The standard InChI is InChI=1S/C15H27N3O3/c1-4-5-6-9(2)17-13-8-11(15(20)21)7-12(16)14(13)18-10(3)19/h8-9,12-14,17H,4-7,16H2,1-3H3,(H,18,19)(H,20,21)/t9?,12-,13+,14+/m1/s1. The van der Waals surface area contributed by atoms with E-state index in [1.165, 1.54) is 6.92 Å². The van der Waals surface area contributed by atoms with E-state index in [2.05, 4.69) is 24.5 Å². The van der Waals surface area contributed by atoms with Gasteiger partial charge in [-0.1, -0.05) is 25.8 Å². The molecule has 6 nitrogen and oxygen atoms in total. The fraction of sp³-hybridized carbons (Fsp3) is 0.733. The molecule has 1 unspecified atom stereocenters. The van der Waals surface area contributed by atoms with E-state index < -0.39 is 12.0 Å². The van der Waals surface area contributed by atoms with E-state index >= 15 is 0 Å². The highest BCUT2D eigenvalue weighted by molar-refractivity contribution is 5.87. The van der Waals surface area contributed by atoms with Gasteiger partial charge in [-0.25, -0.2) is 4.79 Å². The topological polar surface area (TPSA) is 104 Å². The van der Waals surface area contributed by atoms with Crippen molar-refractivity contribution in [1.29, 1.82) is 0 Å². The molecule has 0 aliphatic heterocycles. The van der Waals surface area contributed by atoms with Crippen LogP contribution in [0, 0.1) is 0 Å². The summed E-state index contributed by atoms with van der Waals surface area (Å²) >= 11 is 0. The van der Waals surface area contributed by atoms with Crippen molar-refractivity contribution in [1.82, 2.24) is 10.6 Å². The van der Waals surface area contributed by atoms with Crippen LogP contribution >= 0.6 is 0 Å². The first kappa shape index (κ1) is 17.7. The maximum atomic E-state index is 11.3. The van der Waals surface area contributed by atoms with E-state index in [9.17, 15) is 14.7 Å². The van der Waals surface area contributed by atoms with E-state index in [-0.39, 0.29) is 30.5 Å². The minimum atomic E-state index is -0.945. The highest BCUT2D eigenvalue weighted by atomic mass is 16.4. The predicted molar refractivity (Wildman–Crippen MR) is 81.8 cm³/mol. The Morgan fingerprint density at radius 3 is 2.71 bits per heavy atom. The maximum absolute atomic E-state index is 11.3. The Morgan fingerprint density at radius 1 is 1.52 bits per heavy atom. The number of hydrogen-bond acceptors (Lipinski definition) is 4.